The van der Waals surface area contributed by atoms with Crippen molar-refractivity contribution >= 4 is 76.6 Å². The molecule has 9 amide bonds. The zero-order chi connectivity index (χ0) is 65.2. The van der Waals surface area contributed by atoms with Crippen LogP contribution in [0.4, 0.5) is 15.3 Å². The number of phenolic OH excluding ortho intramolecular Hbond substituents is 2. The zero-order valence-corrected chi connectivity index (χ0v) is 50.2. The molecule has 9 atom stereocenters. The van der Waals surface area contributed by atoms with Gasteiger partial charge in [-0.2, -0.15) is 11.8 Å². The van der Waals surface area contributed by atoms with E-state index in [1.807, 2.05) is 0 Å². The number of hydrogen-bond acceptors (Lipinski definition) is 20. The Labute approximate surface area is 515 Å². The molecule has 3 aromatic rings. The number of nitrogens with one attached hydrogen (secondary N) is 5. The minimum absolute atomic E-state index is 0.00324. The van der Waals surface area contributed by atoms with Crippen LogP contribution in [0.1, 0.15) is 109 Å². The van der Waals surface area contributed by atoms with Crippen LogP contribution in [0.3, 0.4) is 0 Å². The number of carbonyl (C=O) groups excluding carboxylic acids is 10. The molecule has 0 spiro atoms. The monoisotopic (exact) mass is 1260 g/mol. The molecule has 0 aromatic heterocycles. The highest BCUT2D eigenvalue weighted by molar-refractivity contribution is 7.99. The fourth-order valence-electron chi connectivity index (χ4n) is 10.8. The van der Waals surface area contributed by atoms with Gasteiger partial charge in [-0.15, -0.1) is 0 Å². The van der Waals surface area contributed by atoms with Crippen molar-refractivity contribution in [1.29, 1.82) is 0 Å². The third-order valence-electron chi connectivity index (χ3n) is 15.5. The van der Waals surface area contributed by atoms with Crippen molar-refractivity contribution < 1.29 is 92.4 Å². The van der Waals surface area contributed by atoms with Crippen molar-refractivity contribution in [2.24, 2.45) is 5.73 Å². The van der Waals surface area contributed by atoms with Crippen LogP contribution in [0.25, 0.3) is 0 Å². The minimum atomic E-state index is -2.16. The summed E-state index contributed by atoms with van der Waals surface area (Å²) in [6, 6.07) is 6.14. The van der Waals surface area contributed by atoms with E-state index in [-0.39, 0.29) is 121 Å². The van der Waals surface area contributed by atoms with Gasteiger partial charge in [-0.3, -0.25) is 38.4 Å². The number of alkyl carbamates (subject to hydrolysis) is 1. The Morgan fingerprint density at radius 2 is 1.56 bits per heavy atom. The molecule has 89 heavy (non-hydrogen) atoms. The average molecular weight is 1260 g/mol. The van der Waals surface area contributed by atoms with Gasteiger partial charge in [0.25, 0.3) is 0 Å². The Kier molecular flexibility index (Phi) is 22.4. The Bertz CT molecular complexity index is 3280. The number of ketones is 2. The van der Waals surface area contributed by atoms with Crippen LogP contribution in [-0.2, 0) is 60.8 Å². The van der Waals surface area contributed by atoms with Crippen LogP contribution >= 0.6 is 11.8 Å². The molecule has 2 heterocycles. The highest BCUT2D eigenvalue weighted by Crippen LogP contribution is 2.54. The predicted molar refractivity (Wildman–Crippen MR) is 318 cm³/mol. The number of ether oxygens (including phenoxy) is 4. The smallest absolute Gasteiger partial charge is 0.407 e. The van der Waals surface area contributed by atoms with Gasteiger partial charge in [0.1, 0.15) is 53.7 Å². The lowest BCUT2D eigenvalue weighted by molar-refractivity contribution is -0.249. The number of thioether (sulfide) groups is 1. The summed E-state index contributed by atoms with van der Waals surface area (Å²) < 4.78 is 23.2. The number of methoxy groups -OCH3 is 1. The number of anilines is 1. The lowest BCUT2D eigenvalue weighted by Gasteiger charge is -2.43. The second-order valence-corrected chi connectivity index (χ2v) is 22.9. The quantitative estimate of drug-likeness (QED) is 0.0263. The van der Waals surface area contributed by atoms with Gasteiger partial charge in [0, 0.05) is 65.9 Å². The largest absolute Gasteiger partial charge is 0.507 e. The standard InChI is InChI=1S/C60H73N9O19S/c1-8-42(72)67-27-68(43(73)9-2)29-69(28-67)44(74)19-21-89-26-41(71)66-50(30(3)4)57(81)64-37(13-11-20-62-58(61)82)56(80)63-34-17-15-33(16-18-34)25-86-59(83)65-38-22-45(87-31(5)51(38)75)88-40-24-60(84,32(6)70)23-36-47(40)55(79)49-48(53(36)77)52(76)35-12-10-14-39(85-7)46(35)54(49)78/h8-10,12,14-18,31,37-38,40,45,50-52,75-77,79,84H,1-3,11,13,19-29H2,4-7H3,(H,63,80)(H,64,81)(H,65,83)(H,66,71)(H3,61,62,82)/t31-,37-,38-,40-,45-,50-,51+,52?,60-/m0/s1. The maximum absolute atomic E-state index is 14.1. The van der Waals surface area contributed by atoms with E-state index in [1.54, 1.807) is 0 Å². The Morgan fingerprint density at radius 1 is 0.899 bits per heavy atom. The lowest BCUT2D eigenvalue weighted by atomic mass is 9.71. The summed E-state index contributed by atoms with van der Waals surface area (Å²) in [5.41, 5.74) is 2.94. The third kappa shape index (κ3) is 15.9. The highest BCUT2D eigenvalue weighted by atomic mass is 32.2. The zero-order valence-electron chi connectivity index (χ0n) is 49.4. The lowest BCUT2D eigenvalue weighted by Crippen LogP contribution is -2.59. The van der Waals surface area contributed by atoms with Crippen molar-refractivity contribution in [3.8, 4) is 17.2 Å². The number of aromatic hydroxyl groups is 2. The summed E-state index contributed by atoms with van der Waals surface area (Å²) >= 11 is 1.09. The molecule has 3 aromatic carbocycles. The van der Waals surface area contributed by atoms with E-state index in [2.05, 4.69) is 46.3 Å². The molecule has 1 unspecified atom stereocenters. The second-order valence-electron chi connectivity index (χ2n) is 21.8. The van der Waals surface area contributed by atoms with Gasteiger partial charge in [0.05, 0.1) is 62.2 Å². The molecule has 0 bridgehead atoms. The minimum Gasteiger partial charge on any atom is -0.507 e. The summed E-state index contributed by atoms with van der Waals surface area (Å²) in [6.07, 6.45) is -6.67. The van der Waals surface area contributed by atoms with Gasteiger partial charge < -0.3 is 91.5 Å². The molecule has 0 radical (unpaired) electrons. The number of urea groups is 1. The van der Waals surface area contributed by atoms with Crippen molar-refractivity contribution in [1.82, 2.24) is 36.0 Å². The summed E-state index contributed by atoms with van der Waals surface area (Å²) in [7, 11) is 1.32. The van der Waals surface area contributed by atoms with E-state index < -0.39 is 138 Å². The van der Waals surface area contributed by atoms with Crippen molar-refractivity contribution in [2.45, 2.75) is 120 Å². The van der Waals surface area contributed by atoms with Crippen molar-refractivity contribution in [3.05, 3.63) is 119 Å². The number of hydrogen-bond donors (Lipinski definition) is 11. The summed E-state index contributed by atoms with van der Waals surface area (Å²) in [6.45, 7) is 14.4. The second kappa shape index (κ2) is 29.4. The number of carbonyl (C=O) groups is 10. The number of primary amides is 1. The Morgan fingerprint density at radius 3 is 2.18 bits per heavy atom. The van der Waals surface area contributed by atoms with E-state index in [0.717, 1.165) is 30.8 Å². The maximum Gasteiger partial charge on any atom is 0.407 e. The number of Topliss-reactive ketones (excluding diaryl/α,β-unsaturated/α-hetero) is 1. The molecule has 0 saturated carbocycles. The first-order valence-electron chi connectivity index (χ1n) is 28.2. The van der Waals surface area contributed by atoms with Crippen LogP contribution < -0.4 is 37.1 Å². The summed E-state index contributed by atoms with van der Waals surface area (Å²) in [4.78, 5) is 134. The van der Waals surface area contributed by atoms with Crippen molar-refractivity contribution in [3.63, 3.8) is 0 Å². The molecule has 28 nitrogen and oxygen atoms in total. The first kappa shape index (κ1) is 67.6. The number of rotatable bonds is 24. The fraction of sp³-hybridized carbons (Fsp3) is 0.433. The van der Waals surface area contributed by atoms with Crippen LogP contribution in [-0.4, -0.2) is 187 Å². The van der Waals surface area contributed by atoms with E-state index in [9.17, 15) is 73.5 Å². The SMILES string of the molecule is C=CC(=O)N1CN(C(=O)C=C)CN(C(=O)CCSCC(=O)N[C@@H](C(=C)C)C(=O)N[C@@H](CCCNC(N)=O)C(=O)Nc2ccc(COC(=O)N[C@H]3C[C@H](O[C@H]4C[C@](O)(C(C)=O)Cc5c(O)c6c(c(O)c54)C(=O)c4c(OC)cccc4C6O)O[C@@H](C)[C@H]3O)cc2)C1. The summed E-state index contributed by atoms with van der Waals surface area (Å²) in [5, 5.41) is 71.1. The number of fused-ring (bicyclic) bond motifs is 3. The number of benzene rings is 3. The van der Waals surface area contributed by atoms with Gasteiger partial charge in [0.2, 0.25) is 41.2 Å². The van der Waals surface area contributed by atoms with E-state index in [4.69, 9.17) is 24.7 Å². The Hall–Kier alpha value is -8.87. The van der Waals surface area contributed by atoms with Crippen LogP contribution in [0.2, 0.25) is 0 Å². The molecule has 2 aliphatic heterocycles. The van der Waals surface area contributed by atoms with Crippen LogP contribution in [0.15, 0.2) is 79.9 Å². The summed E-state index contributed by atoms with van der Waals surface area (Å²) in [5.74, 6) is -6.13. The van der Waals surface area contributed by atoms with Gasteiger partial charge in [-0.05, 0) is 75.1 Å². The van der Waals surface area contributed by atoms with Crippen LogP contribution in [0.5, 0.6) is 17.2 Å². The molecule has 12 N–H and O–H groups in total. The highest BCUT2D eigenvalue weighted by Gasteiger charge is 2.50. The first-order valence-corrected chi connectivity index (χ1v) is 29.4. The molecule has 29 heteroatoms. The molecule has 2 saturated heterocycles. The number of nitrogens with zero attached hydrogens (tertiary/aromatic N) is 3. The molecular weight excluding hydrogens is 1180 g/mol. The predicted octanol–water partition coefficient (Wildman–Crippen LogP) is 1.65. The molecular formula is C60H73N9O19S. The molecule has 7 rings (SSSR count). The van der Waals surface area contributed by atoms with E-state index >= 15 is 0 Å². The Balaban J connectivity index is 0.934. The number of nitrogens with two attached hydrogens (primary N) is 1. The van der Waals surface area contributed by atoms with E-state index in [0.29, 0.717) is 5.56 Å². The number of phenols is 2. The number of amides is 9. The average Bonchev–Trinajstić information content (AvgIpc) is 0.721. The third-order valence-corrected chi connectivity index (χ3v) is 16.5. The number of aliphatic hydroxyl groups is 3. The maximum atomic E-state index is 14.1. The van der Waals surface area contributed by atoms with Crippen molar-refractivity contribution in [2.75, 3.05) is 50.5 Å². The first-order chi connectivity index (χ1) is 42.2. The molecule has 4 aliphatic rings. The van der Waals surface area contributed by atoms with Crippen LogP contribution in [0, 0.1) is 0 Å². The van der Waals surface area contributed by atoms with Gasteiger partial charge in [-0.1, -0.05) is 44.0 Å². The molecule has 478 valence electrons. The van der Waals surface area contributed by atoms with Gasteiger partial charge >= 0.3 is 12.1 Å². The molecule has 2 aliphatic carbocycles. The van der Waals surface area contributed by atoms with E-state index in [1.165, 1.54) is 78.1 Å². The fourth-order valence-corrected chi connectivity index (χ4v) is 11.5. The van der Waals surface area contributed by atoms with Gasteiger partial charge in [-0.25, -0.2) is 9.59 Å². The topological polar surface area (TPSA) is 405 Å². The molecule has 2 fully saturated rings. The van der Waals surface area contributed by atoms with Gasteiger partial charge in [0.15, 0.2) is 12.1 Å². The number of aliphatic hydroxyl groups excluding tert-OH is 2. The normalized spacial score (nSPS) is 21.7.